The van der Waals surface area contributed by atoms with E-state index in [9.17, 15) is 14.4 Å². The summed E-state index contributed by atoms with van der Waals surface area (Å²) in [4.78, 5) is 36.2. The fourth-order valence-corrected chi connectivity index (χ4v) is 3.07. The lowest BCUT2D eigenvalue weighted by Crippen LogP contribution is -2.35. The molecular formula is C19H16BrN3O5. The van der Waals surface area contributed by atoms with Gasteiger partial charge in [-0.3, -0.25) is 19.8 Å². The lowest BCUT2D eigenvalue weighted by Gasteiger charge is -2.14. The number of para-hydroxylation sites is 1. The Morgan fingerprint density at radius 2 is 1.96 bits per heavy atom. The Bertz CT molecular complexity index is 975. The zero-order chi connectivity index (χ0) is 20.3. The zero-order valence-electron chi connectivity index (χ0n) is 14.8. The number of nitrogens with zero attached hydrogens (tertiary/aromatic N) is 1. The first-order valence-corrected chi connectivity index (χ1v) is 8.91. The number of nitrogens with two attached hydrogens (primary N) is 1. The van der Waals surface area contributed by atoms with Crippen molar-refractivity contribution in [2.75, 3.05) is 18.7 Å². The summed E-state index contributed by atoms with van der Waals surface area (Å²) >= 11 is 3.34. The average molecular weight is 446 g/mol. The second kappa shape index (κ2) is 8.13. The number of ether oxygens (including phenoxy) is 2. The van der Waals surface area contributed by atoms with Gasteiger partial charge in [0.2, 0.25) is 0 Å². The number of amides is 3. The van der Waals surface area contributed by atoms with Crippen LogP contribution in [-0.4, -0.2) is 31.4 Å². The van der Waals surface area contributed by atoms with E-state index >= 15 is 0 Å². The van der Waals surface area contributed by atoms with E-state index in [0.717, 1.165) is 5.01 Å². The Labute approximate surface area is 169 Å². The van der Waals surface area contributed by atoms with Crippen LogP contribution in [0, 0.1) is 0 Å². The van der Waals surface area contributed by atoms with Crippen molar-refractivity contribution >= 4 is 45.4 Å². The van der Waals surface area contributed by atoms with Crippen molar-refractivity contribution in [2.45, 2.75) is 0 Å². The van der Waals surface area contributed by atoms with E-state index in [-0.39, 0.29) is 17.9 Å². The SMILES string of the molecule is COc1cc(Br)cc(/C=C2\C(=O)NN(c3ccccc3)C2=O)c1OCC(N)=O. The summed E-state index contributed by atoms with van der Waals surface area (Å²) in [5.74, 6) is -1.25. The van der Waals surface area contributed by atoms with Crippen molar-refractivity contribution in [3.63, 3.8) is 0 Å². The minimum absolute atomic E-state index is 0.0899. The fourth-order valence-electron chi connectivity index (χ4n) is 2.62. The number of methoxy groups -OCH3 is 1. The Kier molecular flexibility index (Phi) is 5.65. The zero-order valence-corrected chi connectivity index (χ0v) is 16.4. The highest BCUT2D eigenvalue weighted by atomic mass is 79.9. The van der Waals surface area contributed by atoms with E-state index < -0.39 is 17.7 Å². The van der Waals surface area contributed by atoms with E-state index in [1.807, 2.05) is 0 Å². The van der Waals surface area contributed by atoms with Crippen molar-refractivity contribution in [1.29, 1.82) is 0 Å². The molecule has 8 nitrogen and oxygen atoms in total. The van der Waals surface area contributed by atoms with Gasteiger partial charge in [-0.2, -0.15) is 0 Å². The molecule has 0 aliphatic carbocycles. The number of carbonyl (C=O) groups excluding carboxylic acids is 3. The summed E-state index contributed by atoms with van der Waals surface area (Å²) < 4.78 is 11.4. The molecule has 144 valence electrons. The van der Waals surface area contributed by atoms with E-state index in [0.29, 0.717) is 21.5 Å². The van der Waals surface area contributed by atoms with Gasteiger partial charge >= 0.3 is 0 Å². The Morgan fingerprint density at radius 3 is 2.61 bits per heavy atom. The van der Waals surface area contributed by atoms with Crippen LogP contribution in [0.1, 0.15) is 5.56 Å². The van der Waals surface area contributed by atoms with Gasteiger partial charge in [0.15, 0.2) is 18.1 Å². The lowest BCUT2D eigenvalue weighted by atomic mass is 10.1. The lowest BCUT2D eigenvalue weighted by molar-refractivity contribution is -0.120. The molecule has 0 aromatic heterocycles. The van der Waals surface area contributed by atoms with Crippen LogP contribution in [0.15, 0.2) is 52.5 Å². The van der Waals surface area contributed by atoms with Crippen LogP contribution < -0.4 is 25.6 Å². The Hall–Kier alpha value is -3.33. The maximum Gasteiger partial charge on any atom is 0.282 e. The molecule has 3 rings (SSSR count). The predicted molar refractivity (Wildman–Crippen MR) is 105 cm³/mol. The number of nitrogens with one attached hydrogen (secondary N) is 1. The fraction of sp³-hybridized carbons (Fsp3) is 0.105. The van der Waals surface area contributed by atoms with Crippen molar-refractivity contribution in [3.8, 4) is 11.5 Å². The van der Waals surface area contributed by atoms with Crippen LogP contribution in [0.5, 0.6) is 11.5 Å². The van der Waals surface area contributed by atoms with Gasteiger partial charge in [-0.05, 0) is 30.3 Å². The molecule has 0 spiro atoms. The van der Waals surface area contributed by atoms with Crippen LogP contribution in [0.4, 0.5) is 5.69 Å². The molecule has 1 aliphatic heterocycles. The number of carbonyl (C=O) groups is 3. The molecule has 3 amide bonds. The van der Waals surface area contributed by atoms with Crippen LogP contribution in [-0.2, 0) is 14.4 Å². The Morgan fingerprint density at radius 1 is 1.25 bits per heavy atom. The number of anilines is 1. The summed E-state index contributed by atoms with van der Waals surface area (Å²) in [6, 6.07) is 12.0. The third kappa shape index (κ3) is 3.99. The topological polar surface area (TPSA) is 111 Å². The number of hydrogen-bond acceptors (Lipinski definition) is 5. The van der Waals surface area contributed by atoms with Gasteiger partial charge in [-0.1, -0.05) is 34.1 Å². The van der Waals surface area contributed by atoms with Gasteiger partial charge in [0.05, 0.1) is 12.8 Å². The third-order valence-electron chi connectivity index (χ3n) is 3.83. The van der Waals surface area contributed by atoms with Crippen molar-refractivity contribution in [1.82, 2.24) is 5.43 Å². The molecule has 0 saturated carbocycles. The quantitative estimate of drug-likeness (QED) is 0.519. The van der Waals surface area contributed by atoms with Crippen LogP contribution in [0.2, 0.25) is 0 Å². The summed E-state index contributed by atoms with van der Waals surface area (Å²) in [6.45, 7) is -0.384. The molecule has 1 saturated heterocycles. The number of hydrogen-bond donors (Lipinski definition) is 2. The van der Waals surface area contributed by atoms with E-state index in [4.69, 9.17) is 15.2 Å². The van der Waals surface area contributed by atoms with Gasteiger partial charge in [0.1, 0.15) is 5.57 Å². The highest BCUT2D eigenvalue weighted by Gasteiger charge is 2.34. The standard InChI is InChI=1S/C19H16BrN3O5/c1-27-15-9-12(20)7-11(17(15)28-10-16(21)24)8-14-18(25)22-23(19(14)26)13-5-3-2-4-6-13/h2-9H,10H2,1H3,(H2,21,24)(H,22,25)/b14-8+. The molecule has 0 unspecified atom stereocenters. The van der Waals surface area contributed by atoms with Crippen LogP contribution in [0.3, 0.4) is 0 Å². The molecule has 2 aromatic rings. The van der Waals surface area contributed by atoms with Gasteiger partial charge in [0.25, 0.3) is 17.7 Å². The summed E-state index contributed by atoms with van der Waals surface area (Å²) in [5.41, 5.74) is 8.48. The summed E-state index contributed by atoms with van der Waals surface area (Å²) in [6.07, 6.45) is 1.38. The van der Waals surface area contributed by atoms with E-state index in [2.05, 4.69) is 21.4 Å². The molecule has 0 bridgehead atoms. The monoisotopic (exact) mass is 445 g/mol. The molecule has 1 heterocycles. The van der Waals surface area contributed by atoms with Crippen molar-refractivity contribution in [2.24, 2.45) is 5.73 Å². The van der Waals surface area contributed by atoms with Gasteiger partial charge < -0.3 is 15.2 Å². The molecule has 28 heavy (non-hydrogen) atoms. The first kappa shape index (κ1) is 19.4. The second-order valence-electron chi connectivity index (χ2n) is 5.76. The molecule has 1 aliphatic rings. The van der Waals surface area contributed by atoms with Crippen molar-refractivity contribution in [3.05, 3.63) is 58.1 Å². The number of hydrazine groups is 1. The van der Waals surface area contributed by atoms with Gasteiger partial charge in [-0.15, -0.1) is 0 Å². The maximum atomic E-state index is 12.8. The first-order chi connectivity index (χ1) is 13.4. The highest BCUT2D eigenvalue weighted by molar-refractivity contribution is 9.10. The number of benzene rings is 2. The largest absolute Gasteiger partial charge is 0.493 e. The number of primary amides is 1. The van der Waals surface area contributed by atoms with E-state index in [1.165, 1.54) is 13.2 Å². The predicted octanol–water partition coefficient (Wildman–Crippen LogP) is 1.78. The van der Waals surface area contributed by atoms with Crippen molar-refractivity contribution < 1.29 is 23.9 Å². The molecule has 0 radical (unpaired) electrons. The normalized spacial score (nSPS) is 14.9. The molecule has 1 fully saturated rings. The van der Waals surface area contributed by atoms with Gasteiger partial charge in [-0.25, -0.2) is 5.01 Å². The third-order valence-corrected chi connectivity index (χ3v) is 4.29. The average Bonchev–Trinajstić information content (AvgIpc) is 2.95. The minimum atomic E-state index is -0.673. The molecule has 2 aromatic carbocycles. The Balaban J connectivity index is 2.02. The van der Waals surface area contributed by atoms with Crippen LogP contribution >= 0.6 is 15.9 Å². The second-order valence-corrected chi connectivity index (χ2v) is 6.67. The smallest absolute Gasteiger partial charge is 0.282 e. The molecule has 0 atom stereocenters. The molecular weight excluding hydrogens is 430 g/mol. The minimum Gasteiger partial charge on any atom is -0.493 e. The number of halogens is 1. The van der Waals surface area contributed by atoms with Crippen LogP contribution in [0.25, 0.3) is 6.08 Å². The highest BCUT2D eigenvalue weighted by Crippen LogP contribution is 2.36. The molecule has 9 heteroatoms. The maximum absolute atomic E-state index is 12.8. The first-order valence-electron chi connectivity index (χ1n) is 8.11. The molecule has 3 N–H and O–H groups in total. The summed E-state index contributed by atoms with van der Waals surface area (Å²) in [7, 11) is 1.43. The summed E-state index contributed by atoms with van der Waals surface area (Å²) in [5, 5.41) is 1.16. The van der Waals surface area contributed by atoms with Gasteiger partial charge in [0, 0.05) is 10.0 Å². The number of rotatable bonds is 6. The van der Waals surface area contributed by atoms with E-state index in [1.54, 1.807) is 42.5 Å².